The van der Waals surface area contributed by atoms with Crippen molar-refractivity contribution in [3.63, 3.8) is 0 Å². The molecular weight excluding hydrogens is 220 g/mol. The molecule has 2 fully saturated rings. The highest BCUT2D eigenvalue weighted by Crippen LogP contribution is 2.40. The van der Waals surface area contributed by atoms with Crippen LogP contribution < -0.4 is 4.90 Å². The lowest BCUT2D eigenvalue weighted by atomic mass is 9.91. The first-order chi connectivity index (χ1) is 8.79. The molecule has 0 N–H and O–H groups in total. The van der Waals surface area contributed by atoms with Crippen LogP contribution in [0.25, 0.3) is 0 Å². The Morgan fingerprint density at radius 2 is 2.06 bits per heavy atom. The molecule has 1 aliphatic heterocycles. The second-order valence-corrected chi connectivity index (χ2v) is 5.73. The Balaban J connectivity index is 1.98. The third-order valence-electron chi connectivity index (χ3n) is 4.58. The number of rotatable bonds is 1. The Labute approximate surface area is 109 Å². The minimum absolute atomic E-state index is 0.688. The molecular formula is C16H20N2. The van der Waals surface area contributed by atoms with Gasteiger partial charge in [-0.3, -0.25) is 0 Å². The van der Waals surface area contributed by atoms with E-state index in [-0.39, 0.29) is 0 Å². The van der Waals surface area contributed by atoms with Gasteiger partial charge in [0.25, 0.3) is 0 Å². The average molecular weight is 240 g/mol. The van der Waals surface area contributed by atoms with E-state index >= 15 is 0 Å². The van der Waals surface area contributed by atoms with Gasteiger partial charge in [-0.1, -0.05) is 12.5 Å². The molecule has 2 aliphatic rings. The number of benzene rings is 1. The number of hydrogen-bond acceptors (Lipinski definition) is 2. The predicted octanol–water partition coefficient (Wildman–Crippen LogP) is 3.64. The molecule has 0 bridgehead atoms. The van der Waals surface area contributed by atoms with Crippen LogP contribution in [0.5, 0.6) is 0 Å². The second-order valence-electron chi connectivity index (χ2n) is 5.73. The summed E-state index contributed by atoms with van der Waals surface area (Å²) in [5.41, 5.74) is 3.27. The first-order valence-corrected chi connectivity index (χ1v) is 7.07. The summed E-state index contributed by atoms with van der Waals surface area (Å²) in [5, 5.41) is 9.30. The normalized spacial score (nSPS) is 26.8. The highest BCUT2D eigenvalue weighted by molar-refractivity contribution is 5.61. The van der Waals surface area contributed by atoms with Crippen molar-refractivity contribution in [1.82, 2.24) is 0 Å². The first kappa shape index (κ1) is 11.6. The molecule has 2 unspecified atom stereocenters. The maximum absolute atomic E-state index is 9.30. The lowest BCUT2D eigenvalue weighted by Crippen LogP contribution is -2.43. The van der Waals surface area contributed by atoms with Crippen molar-refractivity contribution in [2.75, 3.05) is 11.4 Å². The monoisotopic (exact) mass is 240 g/mol. The van der Waals surface area contributed by atoms with Gasteiger partial charge in [0.2, 0.25) is 0 Å². The fraction of sp³-hybridized carbons (Fsp3) is 0.562. The Kier molecular flexibility index (Phi) is 2.99. The highest BCUT2D eigenvalue weighted by Gasteiger charge is 2.35. The van der Waals surface area contributed by atoms with Crippen LogP contribution in [0.15, 0.2) is 18.2 Å². The molecule has 2 nitrogen and oxygen atoms in total. The zero-order valence-corrected chi connectivity index (χ0v) is 11.0. The van der Waals surface area contributed by atoms with E-state index in [1.165, 1.54) is 43.4 Å². The van der Waals surface area contributed by atoms with Crippen LogP contribution in [0.4, 0.5) is 5.69 Å². The van der Waals surface area contributed by atoms with Crippen LogP contribution in [0.3, 0.4) is 0 Å². The molecule has 94 valence electrons. The minimum Gasteiger partial charge on any atom is -0.367 e. The zero-order valence-electron chi connectivity index (χ0n) is 11.0. The largest absolute Gasteiger partial charge is 0.367 e. The van der Waals surface area contributed by atoms with E-state index in [9.17, 15) is 5.26 Å². The van der Waals surface area contributed by atoms with Gasteiger partial charge in [-0.05, 0) is 56.2 Å². The van der Waals surface area contributed by atoms with Gasteiger partial charge in [-0.2, -0.15) is 5.26 Å². The number of anilines is 1. The zero-order chi connectivity index (χ0) is 12.5. The molecule has 0 aromatic heterocycles. The molecule has 0 spiro atoms. The van der Waals surface area contributed by atoms with E-state index in [1.807, 2.05) is 12.1 Å². The van der Waals surface area contributed by atoms with Gasteiger partial charge in [-0.25, -0.2) is 0 Å². The first-order valence-electron chi connectivity index (χ1n) is 7.07. The summed E-state index contributed by atoms with van der Waals surface area (Å²) in [6.45, 7) is 3.24. The maximum atomic E-state index is 9.30. The van der Waals surface area contributed by atoms with Crippen LogP contribution in [0.1, 0.15) is 43.2 Å². The van der Waals surface area contributed by atoms with Gasteiger partial charge in [0.15, 0.2) is 0 Å². The van der Waals surface area contributed by atoms with Gasteiger partial charge in [0.1, 0.15) is 6.07 Å². The van der Waals surface area contributed by atoms with Gasteiger partial charge < -0.3 is 4.90 Å². The van der Waals surface area contributed by atoms with Gasteiger partial charge >= 0.3 is 0 Å². The van der Waals surface area contributed by atoms with E-state index < -0.39 is 0 Å². The summed E-state index contributed by atoms with van der Waals surface area (Å²) in [6, 6.07) is 9.25. The average Bonchev–Trinajstić information content (AvgIpc) is 2.86. The molecule has 3 rings (SSSR count). The molecule has 1 heterocycles. The number of fused-ring (bicyclic) bond motifs is 1. The summed E-state index contributed by atoms with van der Waals surface area (Å²) < 4.78 is 0. The molecule has 1 saturated carbocycles. The molecule has 1 aromatic rings. The van der Waals surface area contributed by atoms with Crippen LogP contribution in [0, 0.1) is 24.2 Å². The number of nitrogens with zero attached hydrogens (tertiary/aromatic N) is 2. The van der Waals surface area contributed by atoms with Crippen molar-refractivity contribution >= 4 is 5.69 Å². The number of nitriles is 1. The van der Waals surface area contributed by atoms with Gasteiger partial charge in [0.05, 0.1) is 11.3 Å². The maximum Gasteiger partial charge on any atom is 0.101 e. The fourth-order valence-corrected chi connectivity index (χ4v) is 3.73. The summed E-state index contributed by atoms with van der Waals surface area (Å²) in [5.74, 6) is 0.866. The quantitative estimate of drug-likeness (QED) is 0.749. The summed E-state index contributed by atoms with van der Waals surface area (Å²) in [7, 11) is 0. The molecule has 0 amide bonds. The number of hydrogen-bond donors (Lipinski definition) is 0. The van der Waals surface area contributed by atoms with Crippen molar-refractivity contribution in [3.8, 4) is 6.07 Å². The van der Waals surface area contributed by atoms with Gasteiger partial charge in [0, 0.05) is 12.6 Å². The highest BCUT2D eigenvalue weighted by atomic mass is 15.2. The van der Waals surface area contributed by atoms with Crippen LogP contribution >= 0.6 is 0 Å². The number of piperidine rings is 1. The van der Waals surface area contributed by atoms with Crippen LogP contribution in [0.2, 0.25) is 0 Å². The van der Waals surface area contributed by atoms with Gasteiger partial charge in [-0.15, -0.1) is 0 Å². The van der Waals surface area contributed by atoms with E-state index in [1.54, 1.807) is 0 Å². The Hall–Kier alpha value is -1.49. The second kappa shape index (κ2) is 4.65. The van der Waals surface area contributed by atoms with Crippen molar-refractivity contribution < 1.29 is 0 Å². The molecule has 2 atom stereocenters. The van der Waals surface area contributed by atoms with E-state index in [2.05, 4.69) is 24.0 Å². The topological polar surface area (TPSA) is 27.0 Å². The molecule has 1 aromatic carbocycles. The Morgan fingerprint density at radius 3 is 2.89 bits per heavy atom. The predicted molar refractivity (Wildman–Crippen MR) is 73.6 cm³/mol. The summed E-state index contributed by atoms with van der Waals surface area (Å²) in [6.07, 6.45) is 6.72. The smallest absolute Gasteiger partial charge is 0.101 e. The van der Waals surface area contributed by atoms with Crippen LogP contribution in [-0.2, 0) is 0 Å². The van der Waals surface area contributed by atoms with E-state index in [0.29, 0.717) is 6.04 Å². The van der Waals surface area contributed by atoms with Crippen molar-refractivity contribution in [1.29, 1.82) is 5.26 Å². The standard InChI is InChI=1S/C16H20N2/c1-12-7-8-14(11-17)16(10-12)18-9-3-5-13-4-2-6-15(13)18/h7-8,10,13,15H,2-6,9H2,1H3. The fourth-order valence-electron chi connectivity index (χ4n) is 3.73. The molecule has 1 saturated heterocycles. The van der Waals surface area contributed by atoms with Crippen LogP contribution in [-0.4, -0.2) is 12.6 Å². The molecule has 2 heteroatoms. The third-order valence-corrected chi connectivity index (χ3v) is 4.58. The summed E-state index contributed by atoms with van der Waals surface area (Å²) in [4.78, 5) is 2.52. The molecule has 0 radical (unpaired) electrons. The Bertz CT molecular complexity index is 486. The Morgan fingerprint density at radius 1 is 1.22 bits per heavy atom. The number of aryl methyl sites for hydroxylation is 1. The lowest BCUT2D eigenvalue weighted by molar-refractivity contribution is 0.362. The molecule has 18 heavy (non-hydrogen) atoms. The third kappa shape index (κ3) is 1.88. The SMILES string of the molecule is Cc1ccc(C#N)c(N2CCCC3CCCC32)c1. The van der Waals surface area contributed by atoms with E-state index in [4.69, 9.17) is 0 Å². The minimum atomic E-state index is 0.688. The molecule has 1 aliphatic carbocycles. The van der Waals surface area contributed by atoms with Crippen molar-refractivity contribution in [3.05, 3.63) is 29.3 Å². The summed E-state index contributed by atoms with van der Waals surface area (Å²) >= 11 is 0. The van der Waals surface area contributed by atoms with E-state index in [0.717, 1.165) is 18.0 Å². The van der Waals surface area contributed by atoms with Crippen molar-refractivity contribution in [2.45, 2.75) is 45.1 Å². The van der Waals surface area contributed by atoms with Crippen molar-refractivity contribution in [2.24, 2.45) is 5.92 Å². The lowest BCUT2D eigenvalue weighted by Gasteiger charge is -2.40.